The van der Waals surface area contributed by atoms with Crippen molar-refractivity contribution in [1.29, 1.82) is 0 Å². The van der Waals surface area contributed by atoms with Gasteiger partial charge in [-0.3, -0.25) is 9.36 Å². The molecular formula is C21H30N4OS. The predicted molar refractivity (Wildman–Crippen MR) is 112 cm³/mol. The Hall–Kier alpha value is -1.79. The normalized spacial score (nSPS) is 15.8. The molecule has 1 aliphatic rings. The van der Waals surface area contributed by atoms with Crippen LogP contribution in [0.5, 0.6) is 0 Å². The SMILES string of the molecule is CCCN1CCC(NC(=O)CSc2nccn2-c2cc(C)ccc2C)CC1. The molecule has 0 saturated carbocycles. The van der Waals surface area contributed by atoms with Crippen molar-refractivity contribution in [1.82, 2.24) is 19.8 Å². The smallest absolute Gasteiger partial charge is 0.230 e. The number of hydrogen-bond donors (Lipinski definition) is 1. The molecule has 5 nitrogen and oxygen atoms in total. The molecule has 1 saturated heterocycles. The maximum absolute atomic E-state index is 12.4. The van der Waals surface area contributed by atoms with E-state index in [-0.39, 0.29) is 5.91 Å². The summed E-state index contributed by atoms with van der Waals surface area (Å²) < 4.78 is 2.07. The van der Waals surface area contributed by atoms with Crippen LogP contribution in [0.3, 0.4) is 0 Å². The molecule has 0 aliphatic carbocycles. The lowest BCUT2D eigenvalue weighted by Crippen LogP contribution is -2.45. The van der Waals surface area contributed by atoms with Crippen molar-refractivity contribution >= 4 is 17.7 Å². The Morgan fingerprint density at radius 2 is 2.07 bits per heavy atom. The van der Waals surface area contributed by atoms with Gasteiger partial charge < -0.3 is 10.2 Å². The molecule has 3 rings (SSSR count). The average molecular weight is 387 g/mol. The number of piperidine rings is 1. The molecule has 2 aromatic rings. The van der Waals surface area contributed by atoms with Crippen LogP contribution < -0.4 is 5.32 Å². The van der Waals surface area contributed by atoms with Gasteiger partial charge in [0.15, 0.2) is 5.16 Å². The molecule has 0 radical (unpaired) electrons. The number of nitrogens with one attached hydrogen (secondary N) is 1. The van der Waals surface area contributed by atoms with E-state index in [4.69, 9.17) is 0 Å². The minimum Gasteiger partial charge on any atom is -0.353 e. The number of imidazole rings is 1. The highest BCUT2D eigenvalue weighted by Crippen LogP contribution is 2.23. The number of thioether (sulfide) groups is 1. The fraction of sp³-hybridized carbons (Fsp3) is 0.524. The number of hydrogen-bond acceptors (Lipinski definition) is 4. The van der Waals surface area contributed by atoms with Gasteiger partial charge in [0.2, 0.25) is 5.91 Å². The van der Waals surface area contributed by atoms with E-state index in [0.29, 0.717) is 11.8 Å². The van der Waals surface area contributed by atoms with Crippen molar-refractivity contribution in [2.75, 3.05) is 25.4 Å². The first kappa shape index (κ1) is 20.0. The van der Waals surface area contributed by atoms with E-state index in [1.165, 1.54) is 29.3 Å². The third kappa shape index (κ3) is 5.36. The summed E-state index contributed by atoms with van der Waals surface area (Å²) in [5.74, 6) is 0.501. The molecule has 1 N–H and O–H groups in total. The van der Waals surface area contributed by atoms with Crippen molar-refractivity contribution in [2.45, 2.75) is 51.2 Å². The van der Waals surface area contributed by atoms with Gasteiger partial charge in [0.05, 0.1) is 11.4 Å². The summed E-state index contributed by atoms with van der Waals surface area (Å²) in [4.78, 5) is 19.3. The topological polar surface area (TPSA) is 50.2 Å². The lowest BCUT2D eigenvalue weighted by atomic mass is 10.1. The number of rotatable bonds is 7. The van der Waals surface area contributed by atoms with E-state index >= 15 is 0 Å². The molecule has 2 heterocycles. The summed E-state index contributed by atoms with van der Waals surface area (Å²) in [6.07, 6.45) is 7.05. The van der Waals surface area contributed by atoms with Gasteiger partial charge in [-0.25, -0.2) is 4.98 Å². The van der Waals surface area contributed by atoms with E-state index in [0.717, 1.165) is 43.3 Å². The summed E-state index contributed by atoms with van der Waals surface area (Å²) in [7, 11) is 0. The number of aromatic nitrogens is 2. The number of carbonyl (C=O) groups excluding carboxylic acids is 1. The molecular weight excluding hydrogens is 356 g/mol. The number of amides is 1. The van der Waals surface area contributed by atoms with E-state index in [1.54, 1.807) is 6.20 Å². The van der Waals surface area contributed by atoms with Crippen molar-refractivity contribution < 1.29 is 4.79 Å². The fourth-order valence-corrected chi connectivity index (χ4v) is 4.35. The zero-order valence-electron chi connectivity index (χ0n) is 16.6. The molecule has 1 aromatic heterocycles. The molecule has 0 unspecified atom stereocenters. The molecule has 1 fully saturated rings. The third-order valence-corrected chi connectivity index (χ3v) is 6.02. The Morgan fingerprint density at radius 1 is 1.30 bits per heavy atom. The van der Waals surface area contributed by atoms with Crippen molar-refractivity contribution in [3.05, 3.63) is 41.7 Å². The summed E-state index contributed by atoms with van der Waals surface area (Å²) in [6.45, 7) is 9.74. The molecule has 146 valence electrons. The molecule has 27 heavy (non-hydrogen) atoms. The maximum atomic E-state index is 12.4. The van der Waals surface area contributed by atoms with Gasteiger partial charge in [0.25, 0.3) is 0 Å². The zero-order valence-corrected chi connectivity index (χ0v) is 17.4. The molecule has 1 aliphatic heterocycles. The van der Waals surface area contributed by atoms with Crippen LogP contribution in [0.2, 0.25) is 0 Å². The van der Waals surface area contributed by atoms with Crippen LogP contribution in [-0.2, 0) is 4.79 Å². The fourth-order valence-electron chi connectivity index (χ4n) is 3.58. The molecule has 0 bridgehead atoms. The summed E-state index contributed by atoms with van der Waals surface area (Å²) in [5.41, 5.74) is 3.54. The second-order valence-electron chi connectivity index (χ2n) is 7.34. The van der Waals surface area contributed by atoms with Crippen molar-refractivity contribution in [3.8, 4) is 5.69 Å². The Labute approximate surface area is 166 Å². The predicted octanol–water partition coefficient (Wildman–Crippen LogP) is 3.57. The van der Waals surface area contributed by atoms with Gasteiger partial charge in [-0.15, -0.1) is 0 Å². The highest BCUT2D eigenvalue weighted by atomic mass is 32.2. The monoisotopic (exact) mass is 386 g/mol. The van der Waals surface area contributed by atoms with Crippen LogP contribution >= 0.6 is 11.8 Å². The Kier molecular flexibility index (Phi) is 6.96. The molecule has 1 aromatic carbocycles. The van der Waals surface area contributed by atoms with Crippen LogP contribution in [0.4, 0.5) is 0 Å². The number of benzene rings is 1. The number of nitrogens with zero attached hydrogens (tertiary/aromatic N) is 3. The number of likely N-dealkylation sites (tertiary alicyclic amines) is 1. The Morgan fingerprint density at radius 3 is 2.81 bits per heavy atom. The van der Waals surface area contributed by atoms with Gasteiger partial charge in [0.1, 0.15) is 0 Å². The number of aryl methyl sites for hydroxylation is 2. The summed E-state index contributed by atoms with van der Waals surface area (Å²) >= 11 is 1.50. The Bertz CT molecular complexity index is 765. The first-order chi connectivity index (χ1) is 13.1. The first-order valence-corrected chi connectivity index (χ1v) is 10.8. The van der Waals surface area contributed by atoms with Gasteiger partial charge in [-0.2, -0.15) is 0 Å². The van der Waals surface area contributed by atoms with Crippen LogP contribution in [-0.4, -0.2) is 51.8 Å². The standard InChI is InChI=1S/C21H30N4OS/c1-4-10-24-11-7-18(8-12-24)23-20(26)15-27-21-22-9-13-25(21)19-14-16(2)5-6-17(19)3/h5-6,9,13-14,18H,4,7-8,10-12,15H2,1-3H3,(H,23,26). The number of carbonyl (C=O) groups is 1. The summed E-state index contributed by atoms with van der Waals surface area (Å²) in [6, 6.07) is 6.70. The third-order valence-electron chi connectivity index (χ3n) is 5.06. The highest BCUT2D eigenvalue weighted by molar-refractivity contribution is 7.99. The highest BCUT2D eigenvalue weighted by Gasteiger charge is 2.20. The van der Waals surface area contributed by atoms with Gasteiger partial charge >= 0.3 is 0 Å². The minimum atomic E-state index is 0.101. The van der Waals surface area contributed by atoms with Crippen LogP contribution in [0.1, 0.15) is 37.3 Å². The molecule has 0 spiro atoms. The van der Waals surface area contributed by atoms with Gasteiger partial charge in [-0.1, -0.05) is 30.8 Å². The van der Waals surface area contributed by atoms with Crippen LogP contribution in [0.25, 0.3) is 5.69 Å². The van der Waals surface area contributed by atoms with Gasteiger partial charge in [-0.05, 0) is 56.8 Å². The first-order valence-electron chi connectivity index (χ1n) is 9.82. The maximum Gasteiger partial charge on any atom is 0.230 e. The van der Waals surface area contributed by atoms with Crippen molar-refractivity contribution in [2.24, 2.45) is 0 Å². The Balaban J connectivity index is 1.53. The summed E-state index contributed by atoms with van der Waals surface area (Å²) in [5, 5.41) is 4.06. The van der Waals surface area contributed by atoms with E-state index in [1.807, 2.05) is 6.20 Å². The van der Waals surface area contributed by atoms with E-state index in [9.17, 15) is 4.79 Å². The molecule has 6 heteroatoms. The minimum absolute atomic E-state index is 0.101. The van der Waals surface area contributed by atoms with E-state index < -0.39 is 0 Å². The average Bonchev–Trinajstić information content (AvgIpc) is 3.12. The lowest BCUT2D eigenvalue weighted by molar-refractivity contribution is -0.119. The quantitative estimate of drug-likeness (QED) is 0.739. The van der Waals surface area contributed by atoms with Crippen molar-refractivity contribution in [3.63, 3.8) is 0 Å². The molecule has 0 atom stereocenters. The largest absolute Gasteiger partial charge is 0.353 e. The second kappa shape index (κ2) is 9.42. The van der Waals surface area contributed by atoms with Crippen LogP contribution in [0, 0.1) is 13.8 Å². The zero-order chi connectivity index (χ0) is 19.2. The van der Waals surface area contributed by atoms with Gasteiger partial charge in [0, 0.05) is 31.5 Å². The lowest BCUT2D eigenvalue weighted by Gasteiger charge is -2.32. The van der Waals surface area contributed by atoms with E-state index in [2.05, 4.69) is 58.7 Å². The molecule has 1 amide bonds. The van der Waals surface area contributed by atoms with Crippen LogP contribution in [0.15, 0.2) is 35.7 Å². The second-order valence-corrected chi connectivity index (χ2v) is 8.28.